The van der Waals surface area contributed by atoms with Gasteiger partial charge in [0.2, 0.25) is 5.91 Å². The van der Waals surface area contributed by atoms with Gasteiger partial charge < -0.3 is 20.3 Å². The molecule has 1 saturated carbocycles. The summed E-state index contributed by atoms with van der Waals surface area (Å²) in [7, 11) is 5.35. The molecule has 0 bridgehead atoms. The van der Waals surface area contributed by atoms with Gasteiger partial charge in [-0.2, -0.15) is 0 Å². The molecule has 6 nitrogen and oxygen atoms in total. The minimum absolute atomic E-state index is 0. The van der Waals surface area contributed by atoms with Crippen molar-refractivity contribution in [3.05, 3.63) is 0 Å². The van der Waals surface area contributed by atoms with Gasteiger partial charge in [-0.3, -0.25) is 9.79 Å². The number of aliphatic imine (C=N–C) groups is 1. The minimum atomic E-state index is -0.323. The lowest BCUT2D eigenvalue weighted by Gasteiger charge is -2.29. The molecule has 1 atom stereocenters. The van der Waals surface area contributed by atoms with Gasteiger partial charge >= 0.3 is 0 Å². The van der Waals surface area contributed by atoms with Gasteiger partial charge in [-0.1, -0.05) is 12.8 Å². The maximum Gasteiger partial charge on any atom is 0.230 e. The average molecular weight is 440 g/mol. The fourth-order valence-corrected chi connectivity index (χ4v) is 3.04. The van der Waals surface area contributed by atoms with Crippen molar-refractivity contribution in [1.82, 2.24) is 15.5 Å². The van der Waals surface area contributed by atoms with Crippen LogP contribution in [0.1, 0.15) is 39.5 Å². The molecule has 23 heavy (non-hydrogen) atoms. The van der Waals surface area contributed by atoms with Crippen molar-refractivity contribution in [1.29, 1.82) is 0 Å². The van der Waals surface area contributed by atoms with Gasteiger partial charge in [-0.05, 0) is 26.7 Å². The third-order valence-corrected chi connectivity index (χ3v) is 4.10. The van der Waals surface area contributed by atoms with E-state index in [1.165, 1.54) is 0 Å². The number of nitrogens with zero attached hydrogens (tertiary/aromatic N) is 2. The smallest absolute Gasteiger partial charge is 0.230 e. The van der Waals surface area contributed by atoms with E-state index in [-0.39, 0.29) is 41.3 Å². The summed E-state index contributed by atoms with van der Waals surface area (Å²) in [6.07, 6.45) is 4.08. The largest absolute Gasteiger partial charge is 0.383 e. The maximum absolute atomic E-state index is 12.6. The second kappa shape index (κ2) is 11.1. The standard InChI is InChI=1S/C16H32N4O2.HI/c1-6-17-15(19-13(2)11-22-5)18-12-16(9-7-8-10-16)14(21)20(3)4;/h13H,6-12H2,1-5H3,(H2,17,18,19);1H. The van der Waals surface area contributed by atoms with Gasteiger partial charge in [-0.15, -0.1) is 24.0 Å². The van der Waals surface area contributed by atoms with Gasteiger partial charge in [0.05, 0.1) is 18.6 Å². The Balaban J connectivity index is 0.00000484. The molecule has 1 rings (SSSR count). The van der Waals surface area contributed by atoms with E-state index in [9.17, 15) is 4.79 Å². The highest BCUT2D eigenvalue weighted by atomic mass is 127. The fourth-order valence-electron chi connectivity index (χ4n) is 3.04. The van der Waals surface area contributed by atoms with Crippen LogP contribution in [0.25, 0.3) is 0 Å². The number of carbonyl (C=O) groups excluding carboxylic acids is 1. The van der Waals surface area contributed by atoms with Crippen molar-refractivity contribution in [3.8, 4) is 0 Å². The number of rotatable bonds is 7. The highest BCUT2D eigenvalue weighted by Crippen LogP contribution is 2.39. The Hall–Kier alpha value is -0.570. The number of ether oxygens (including phenoxy) is 1. The normalized spacial score (nSPS) is 18.0. The molecular formula is C16H33IN4O2. The first kappa shape index (κ1) is 22.4. The number of methoxy groups -OCH3 is 1. The highest BCUT2D eigenvalue weighted by molar-refractivity contribution is 14.0. The average Bonchev–Trinajstić information content (AvgIpc) is 2.94. The zero-order chi connectivity index (χ0) is 16.6. The first-order valence-electron chi connectivity index (χ1n) is 8.20. The van der Waals surface area contributed by atoms with Gasteiger partial charge in [0.25, 0.3) is 0 Å². The summed E-state index contributed by atoms with van der Waals surface area (Å²) in [5.41, 5.74) is -0.323. The molecule has 0 saturated heterocycles. The van der Waals surface area contributed by atoms with Crippen LogP contribution in [-0.2, 0) is 9.53 Å². The molecule has 0 spiro atoms. The molecule has 0 aromatic heterocycles. The van der Waals surface area contributed by atoms with Gasteiger partial charge in [0, 0.05) is 33.8 Å². The third-order valence-electron chi connectivity index (χ3n) is 4.10. The molecule has 1 fully saturated rings. The molecule has 0 aromatic carbocycles. The monoisotopic (exact) mass is 440 g/mol. The lowest BCUT2D eigenvalue weighted by atomic mass is 9.85. The van der Waals surface area contributed by atoms with Crippen molar-refractivity contribution >= 4 is 35.8 Å². The summed E-state index contributed by atoms with van der Waals surface area (Å²) in [5.74, 6) is 0.958. The lowest BCUT2D eigenvalue weighted by Crippen LogP contribution is -2.46. The Kier molecular flexibility index (Phi) is 10.8. The number of nitrogens with one attached hydrogen (secondary N) is 2. The van der Waals surface area contributed by atoms with Crippen molar-refractivity contribution in [2.75, 3.05) is 40.9 Å². The van der Waals surface area contributed by atoms with Crippen LogP contribution in [0, 0.1) is 5.41 Å². The summed E-state index contributed by atoms with van der Waals surface area (Å²) in [6.45, 7) is 6.03. The minimum Gasteiger partial charge on any atom is -0.383 e. The van der Waals surface area contributed by atoms with E-state index in [0.29, 0.717) is 13.2 Å². The van der Waals surface area contributed by atoms with E-state index in [1.807, 2.05) is 27.9 Å². The van der Waals surface area contributed by atoms with E-state index in [1.54, 1.807) is 12.0 Å². The summed E-state index contributed by atoms with van der Waals surface area (Å²) in [4.78, 5) is 18.9. The molecule has 1 unspecified atom stereocenters. The Morgan fingerprint density at radius 3 is 2.43 bits per heavy atom. The van der Waals surface area contributed by atoms with Crippen molar-refractivity contribution in [2.24, 2.45) is 10.4 Å². The van der Waals surface area contributed by atoms with Crippen molar-refractivity contribution in [3.63, 3.8) is 0 Å². The van der Waals surface area contributed by atoms with E-state index in [4.69, 9.17) is 4.74 Å². The quantitative estimate of drug-likeness (QED) is 0.360. The van der Waals surface area contributed by atoms with Crippen LogP contribution in [0.5, 0.6) is 0 Å². The Morgan fingerprint density at radius 2 is 1.96 bits per heavy atom. The maximum atomic E-state index is 12.6. The number of guanidine groups is 1. The zero-order valence-electron chi connectivity index (χ0n) is 15.1. The molecule has 1 aliphatic rings. The molecule has 136 valence electrons. The lowest BCUT2D eigenvalue weighted by molar-refractivity contribution is -0.138. The second-order valence-corrected chi connectivity index (χ2v) is 6.38. The third kappa shape index (κ3) is 6.82. The number of carbonyl (C=O) groups is 1. The number of amides is 1. The predicted molar refractivity (Wildman–Crippen MR) is 105 cm³/mol. The van der Waals surface area contributed by atoms with E-state index in [0.717, 1.165) is 38.2 Å². The van der Waals surface area contributed by atoms with Crippen molar-refractivity contribution in [2.45, 2.75) is 45.6 Å². The fraction of sp³-hybridized carbons (Fsp3) is 0.875. The number of halogens is 1. The molecule has 1 amide bonds. The topological polar surface area (TPSA) is 66.0 Å². The van der Waals surface area contributed by atoms with Crippen LogP contribution in [0.2, 0.25) is 0 Å². The van der Waals surface area contributed by atoms with Crippen LogP contribution in [0.4, 0.5) is 0 Å². The predicted octanol–water partition coefficient (Wildman–Crippen LogP) is 1.84. The van der Waals surface area contributed by atoms with Crippen LogP contribution < -0.4 is 10.6 Å². The van der Waals surface area contributed by atoms with Crippen molar-refractivity contribution < 1.29 is 9.53 Å². The Bertz CT molecular complexity index is 382. The summed E-state index contributed by atoms with van der Waals surface area (Å²) in [5, 5.41) is 6.56. The van der Waals surface area contributed by atoms with E-state index < -0.39 is 0 Å². The Morgan fingerprint density at radius 1 is 1.35 bits per heavy atom. The van der Waals surface area contributed by atoms with Crippen LogP contribution in [-0.4, -0.2) is 63.7 Å². The molecule has 0 heterocycles. The number of hydrogen-bond acceptors (Lipinski definition) is 3. The zero-order valence-corrected chi connectivity index (χ0v) is 17.5. The summed E-state index contributed by atoms with van der Waals surface area (Å²) in [6, 6.07) is 0.173. The Labute approximate surface area is 157 Å². The molecule has 0 aromatic rings. The SMILES string of the molecule is CCNC(=NCC1(C(=O)N(C)C)CCCC1)NC(C)COC.I. The van der Waals surface area contributed by atoms with Gasteiger partial charge in [-0.25, -0.2) is 0 Å². The molecular weight excluding hydrogens is 407 g/mol. The molecule has 2 N–H and O–H groups in total. The molecule has 0 aliphatic heterocycles. The van der Waals surface area contributed by atoms with Gasteiger partial charge in [0.1, 0.15) is 0 Å². The van der Waals surface area contributed by atoms with E-state index >= 15 is 0 Å². The summed E-state index contributed by atoms with van der Waals surface area (Å²) < 4.78 is 5.14. The number of hydrogen-bond donors (Lipinski definition) is 2. The van der Waals surface area contributed by atoms with Crippen LogP contribution in [0.3, 0.4) is 0 Å². The first-order chi connectivity index (χ1) is 10.4. The summed E-state index contributed by atoms with van der Waals surface area (Å²) >= 11 is 0. The van der Waals surface area contributed by atoms with Crippen LogP contribution in [0.15, 0.2) is 4.99 Å². The van der Waals surface area contributed by atoms with Gasteiger partial charge in [0.15, 0.2) is 5.96 Å². The van der Waals surface area contributed by atoms with Crippen LogP contribution >= 0.6 is 24.0 Å². The first-order valence-corrected chi connectivity index (χ1v) is 8.20. The molecule has 7 heteroatoms. The second-order valence-electron chi connectivity index (χ2n) is 6.38. The van der Waals surface area contributed by atoms with E-state index in [2.05, 4.69) is 15.6 Å². The highest BCUT2D eigenvalue weighted by Gasteiger charge is 2.42. The molecule has 1 aliphatic carbocycles. The molecule has 0 radical (unpaired) electrons.